The van der Waals surface area contributed by atoms with Crippen molar-refractivity contribution in [3.8, 4) is 0 Å². The van der Waals surface area contributed by atoms with Crippen LogP contribution in [0.15, 0.2) is 30.5 Å². The van der Waals surface area contributed by atoms with Crippen molar-refractivity contribution < 1.29 is 9.59 Å². The molecule has 1 aromatic carbocycles. The van der Waals surface area contributed by atoms with E-state index in [-0.39, 0.29) is 23.7 Å². The van der Waals surface area contributed by atoms with E-state index >= 15 is 0 Å². The van der Waals surface area contributed by atoms with Gasteiger partial charge in [0.1, 0.15) is 0 Å². The second-order valence-electron chi connectivity index (χ2n) is 6.08. The van der Waals surface area contributed by atoms with Gasteiger partial charge in [-0.1, -0.05) is 11.3 Å². The predicted octanol–water partition coefficient (Wildman–Crippen LogP) is 1.60. The summed E-state index contributed by atoms with van der Waals surface area (Å²) in [5.41, 5.74) is 1.43. The molecule has 1 aliphatic rings. The van der Waals surface area contributed by atoms with E-state index in [1.807, 2.05) is 6.92 Å². The number of anilines is 2. The molecule has 1 aliphatic heterocycles. The van der Waals surface area contributed by atoms with E-state index in [4.69, 9.17) is 0 Å². The molecule has 9 heteroatoms. The zero-order valence-corrected chi connectivity index (χ0v) is 14.7. The largest absolute Gasteiger partial charge is 0.338 e. The first kappa shape index (κ1) is 17.9. The Kier molecular flexibility index (Phi) is 5.80. The fourth-order valence-electron chi connectivity index (χ4n) is 2.84. The fourth-order valence-corrected chi connectivity index (χ4v) is 2.84. The maximum Gasteiger partial charge on any atom is 0.319 e. The van der Waals surface area contributed by atoms with Crippen molar-refractivity contribution >= 4 is 23.3 Å². The zero-order chi connectivity index (χ0) is 18.4. The Bertz CT molecular complexity index is 768. The van der Waals surface area contributed by atoms with Crippen molar-refractivity contribution in [2.75, 3.05) is 30.3 Å². The molecule has 9 nitrogen and oxygen atoms in total. The smallest absolute Gasteiger partial charge is 0.319 e. The molecule has 0 bridgehead atoms. The molecule has 0 saturated carbocycles. The summed E-state index contributed by atoms with van der Waals surface area (Å²) in [6.07, 6.45) is 3.62. The lowest BCUT2D eigenvalue weighted by Gasteiger charge is -2.22. The van der Waals surface area contributed by atoms with E-state index in [1.165, 1.54) is 0 Å². The molecule has 1 fully saturated rings. The molecule has 1 aromatic heterocycles. The van der Waals surface area contributed by atoms with Gasteiger partial charge in [-0.05, 0) is 51.1 Å². The maximum absolute atomic E-state index is 12.4. The van der Waals surface area contributed by atoms with Gasteiger partial charge < -0.3 is 21.3 Å². The minimum atomic E-state index is -0.333. The van der Waals surface area contributed by atoms with E-state index in [2.05, 4.69) is 31.6 Å². The average molecular weight is 357 g/mol. The van der Waals surface area contributed by atoms with Gasteiger partial charge >= 0.3 is 6.03 Å². The molecule has 0 spiro atoms. The van der Waals surface area contributed by atoms with Crippen molar-refractivity contribution in [3.05, 3.63) is 36.2 Å². The molecule has 1 saturated heterocycles. The van der Waals surface area contributed by atoms with Gasteiger partial charge in [0.05, 0.1) is 12.2 Å². The molecule has 4 N–H and O–H groups in total. The van der Waals surface area contributed by atoms with Gasteiger partial charge in [0, 0.05) is 17.9 Å². The van der Waals surface area contributed by atoms with E-state index in [9.17, 15) is 9.59 Å². The number of nitrogens with one attached hydrogen (secondary N) is 4. The molecule has 2 aromatic rings. The second kappa shape index (κ2) is 8.43. The fraction of sp³-hybridized carbons (Fsp3) is 0.412. The number of benzene rings is 1. The summed E-state index contributed by atoms with van der Waals surface area (Å²) in [5.74, 6) is -0.333. The number of rotatable bonds is 5. The Labute approximate surface area is 151 Å². The monoisotopic (exact) mass is 357 g/mol. The Balaban J connectivity index is 1.62. The molecule has 138 valence electrons. The van der Waals surface area contributed by atoms with Crippen LogP contribution >= 0.6 is 0 Å². The van der Waals surface area contributed by atoms with Gasteiger partial charge in [0.25, 0.3) is 5.91 Å². The van der Waals surface area contributed by atoms with Gasteiger partial charge in [0.2, 0.25) is 0 Å². The summed E-state index contributed by atoms with van der Waals surface area (Å²) in [5, 5.41) is 19.5. The highest BCUT2D eigenvalue weighted by Crippen LogP contribution is 2.18. The standard InChI is InChI=1S/C17H23N7O2/c1-2-19-17(26)21-13-5-3-4-12(10-13)20-16(25)15-11-24(23-22-15)14-6-8-18-9-7-14/h3-5,10-11,14,18H,2,6-9H2,1H3,(H,20,25)(H2,19,21,26). The van der Waals surface area contributed by atoms with Crippen LogP contribution in [0.3, 0.4) is 0 Å². The third kappa shape index (κ3) is 4.57. The minimum Gasteiger partial charge on any atom is -0.338 e. The van der Waals surface area contributed by atoms with E-state index in [1.54, 1.807) is 35.1 Å². The summed E-state index contributed by atoms with van der Waals surface area (Å²) in [4.78, 5) is 24.0. The van der Waals surface area contributed by atoms with Crippen LogP contribution in [0, 0.1) is 0 Å². The molecular formula is C17H23N7O2. The molecular weight excluding hydrogens is 334 g/mol. The topological polar surface area (TPSA) is 113 Å². The van der Waals surface area contributed by atoms with Crippen molar-refractivity contribution in [1.82, 2.24) is 25.6 Å². The highest BCUT2D eigenvalue weighted by atomic mass is 16.2. The first-order chi connectivity index (χ1) is 12.7. The third-order valence-electron chi connectivity index (χ3n) is 4.14. The Morgan fingerprint density at radius 1 is 1.23 bits per heavy atom. The lowest BCUT2D eigenvalue weighted by Crippen LogP contribution is -2.29. The molecule has 0 radical (unpaired) electrons. The van der Waals surface area contributed by atoms with Crippen LogP contribution in [0.5, 0.6) is 0 Å². The van der Waals surface area contributed by atoms with Crippen LogP contribution in [0.1, 0.15) is 36.3 Å². The van der Waals surface area contributed by atoms with Gasteiger partial charge in [0.15, 0.2) is 5.69 Å². The van der Waals surface area contributed by atoms with Crippen LogP contribution < -0.4 is 21.3 Å². The highest BCUT2D eigenvalue weighted by Gasteiger charge is 2.18. The van der Waals surface area contributed by atoms with E-state index in [0.717, 1.165) is 25.9 Å². The number of carbonyl (C=O) groups excluding carboxylic acids is 2. The molecule has 2 heterocycles. The summed E-state index contributed by atoms with van der Waals surface area (Å²) in [6, 6.07) is 6.92. The van der Waals surface area contributed by atoms with Crippen LogP contribution in [0.4, 0.5) is 16.2 Å². The molecule has 3 amide bonds. The number of hydrogen-bond acceptors (Lipinski definition) is 5. The summed E-state index contributed by atoms with van der Waals surface area (Å²) in [6.45, 7) is 4.26. The van der Waals surface area contributed by atoms with Gasteiger partial charge in [-0.15, -0.1) is 5.10 Å². The van der Waals surface area contributed by atoms with Gasteiger partial charge in [-0.3, -0.25) is 4.79 Å². The molecule has 26 heavy (non-hydrogen) atoms. The van der Waals surface area contributed by atoms with Crippen LogP contribution in [0.25, 0.3) is 0 Å². The summed E-state index contributed by atoms with van der Waals surface area (Å²) < 4.78 is 1.77. The highest BCUT2D eigenvalue weighted by molar-refractivity contribution is 6.03. The molecule has 3 rings (SSSR count). The van der Waals surface area contributed by atoms with Crippen molar-refractivity contribution in [2.24, 2.45) is 0 Å². The lowest BCUT2D eigenvalue weighted by molar-refractivity contribution is 0.102. The molecule has 0 unspecified atom stereocenters. The average Bonchev–Trinajstić information content (AvgIpc) is 3.13. The Morgan fingerprint density at radius 2 is 1.96 bits per heavy atom. The molecule has 0 aliphatic carbocycles. The van der Waals surface area contributed by atoms with E-state index in [0.29, 0.717) is 17.9 Å². The second-order valence-corrected chi connectivity index (χ2v) is 6.08. The Hall–Kier alpha value is -2.94. The summed E-state index contributed by atoms with van der Waals surface area (Å²) in [7, 11) is 0. The van der Waals surface area contributed by atoms with E-state index < -0.39 is 0 Å². The first-order valence-electron chi connectivity index (χ1n) is 8.74. The van der Waals surface area contributed by atoms with Crippen LogP contribution in [0.2, 0.25) is 0 Å². The Morgan fingerprint density at radius 3 is 2.69 bits per heavy atom. The van der Waals surface area contributed by atoms with Crippen molar-refractivity contribution in [1.29, 1.82) is 0 Å². The third-order valence-corrected chi connectivity index (χ3v) is 4.14. The zero-order valence-electron chi connectivity index (χ0n) is 14.7. The number of hydrogen-bond donors (Lipinski definition) is 4. The van der Waals surface area contributed by atoms with Crippen LogP contribution in [-0.2, 0) is 0 Å². The van der Waals surface area contributed by atoms with Crippen molar-refractivity contribution in [2.45, 2.75) is 25.8 Å². The normalized spacial score (nSPS) is 14.7. The first-order valence-corrected chi connectivity index (χ1v) is 8.74. The number of carbonyl (C=O) groups is 2. The number of aromatic nitrogens is 3. The number of piperidine rings is 1. The van der Waals surface area contributed by atoms with Crippen molar-refractivity contribution in [3.63, 3.8) is 0 Å². The molecule has 0 atom stereocenters. The summed E-state index contributed by atoms with van der Waals surface area (Å²) >= 11 is 0. The SMILES string of the molecule is CCNC(=O)Nc1cccc(NC(=O)c2cn(C3CCNCC3)nn2)c1. The lowest BCUT2D eigenvalue weighted by atomic mass is 10.1. The van der Waals surface area contributed by atoms with Gasteiger partial charge in [-0.2, -0.15) is 0 Å². The van der Waals surface area contributed by atoms with Crippen LogP contribution in [-0.4, -0.2) is 46.6 Å². The maximum atomic E-state index is 12.4. The minimum absolute atomic E-state index is 0.269. The quantitative estimate of drug-likeness (QED) is 0.649. The number of nitrogens with zero attached hydrogens (tertiary/aromatic N) is 3. The number of amides is 3. The van der Waals surface area contributed by atoms with Gasteiger partial charge in [-0.25, -0.2) is 9.48 Å². The number of urea groups is 1. The predicted molar refractivity (Wildman–Crippen MR) is 98.3 cm³/mol.